The molecule has 0 radical (unpaired) electrons. The summed E-state index contributed by atoms with van der Waals surface area (Å²) in [5.74, 6) is 0. The molecule has 0 atom stereocenters. The second-order valence-corrected chi connectivity index (χ2v) is 7.73. The van der Waals surface area contributed by atoms with Crippen molar-refractivity contribution in [3.8, 4) is 0 Å². The summed E-state index contributed by atoms with van der Waals surface area (Å²) >= 11 is 0. The van der Waals surface area contributed by atoms with Crippen LogP contribution in [0.25, 0.3) is 0 Å². The van der Waals surface area contributed by atoms with Gasteiger partial charge in [0, 0.05) is 39.3 Å². The van der Waals surface area contributed by atoms with Crippen LogP contribution < -0.4 is 5.32 Å². The third kappa shape index (κ3) is 4.66. The van der Waals surface area contributed by atoms with Crippen molar-refractivity contribution in [2.24, 2.45) is 0 Å². The van der Waals surface area contributed by atoms with Gasteiger partial charge in [0.25, 0.3) is 10.2 Å². The van der Waals surface area contributed by atoms with E-state index in [4.69, 9.17) is 4.74 Å². The molecule has 0 aromatic carbocycles. The summed E-state index contributed by atoms with van der Waals surface area (Å²) in [6.07, 6.45) is 5.33. The molecule has 118 valence electrons. The lowest BCUT2D eigenvalue weighted by atomic mass is 10.4. The van der Waals surface area contributed by atoms with Crippen LogP contribution in [0.2, 0.25) is 0 Å². The molecule has 2 aliphatic carbocycles. The molecular formula is C13H27N3O3S. The van der Waals surface area contributed by atoms with Crippen LogP contribution >= 0.6 is 0 Å². The van der Waals surface area contributed by atoms with E-state index in [-0.39, 0.29) is 6.04 Å². The first-order valence-corrected chi connectivity index (χ1v) is 8.91. The van der Waals surface area contributed by atoms with Crippen molar-refractivity contribution >= 4 is 10.2 Å². The van der Waals surface area contributed by atoms with Gasteiger partial charge in [0.15, 0.2) is 0 Å². The molecule has 0 amide bonds. The number of nitrogens with zero attached hydrogens (tertiary/aromatic N) is 2. The number of methoxy groups -OCH3 is 1. The van der Waals surface area contributed by atoms with Gasteiger partial charge in [-0.15, -0.1) is 0 Å². The van der Waals surface area contributed by atoms with Crippen molar-refractivity contribution in [2.75, 3.05) is 40.4 Å². The van der Waals surface area contributed by atoms with Crippen molar-refractivity contribution in [3.05, 3.63) is 0 Å². The third-order valence-corrected chi connectivity index (χ3v) is 5.86. The standard InChI is InChI=1S/C13H27N3O3S/c1-15(9-3-8-14-12-4-5-12)20(17,18)16(10-11-19-2)13-6-7-13/h12-14H,3-11H2,1-2H3. The number of rotatable bonds is 11. The van der Waals surface area contributed by atoms with Gasteiger partial charge in [-0.25, -0.2) is 0 Å². The summed E-state index contributed by atoms with van der Waals surface area (Å²) in [5, 5.41) is 3.41. The fourth-order valence-corrected chi connectivity index (χ4v) is 3.83. The van der Waals surface area contributed by atoms with Gasteiger partial charge in [0.2, 0.25) is 0 Å². The van der Waals surface area contributed by atoms with Crippen molar-refractivity contribution < 1.29 is 13.2 Å². The SMILES string of the molecule is COCCN(C1CC1)S(=O)(=O)N(C)CCCNC1CC1. The summed E-state index contributed by atoms with van der Waals surface area (Å²) in [6, 6.07) is 0.865. The Morgan fingerprint density at radius 3 is 2.45 bits per heavy atom. The van der Waals surface area contributed by atoms with Crippen molar-refractivity contribution in [1.29, 1.82) is 0 Å². The molecule has 0 aromatic heterocycles. The highest BCUT2D eigenvalue weighted by atomic mass is 32.2. The summed E-state index contributed by atoms with van der Waals surface area (Å²) in [7, 11) is -0.0589. The molecular weight excluding hydrogens is 278 g/mol. The lowest BCUT2D eigenvalue weighted by Gasteiger charge is -2.27. The van der Waals surface area contributed by atoms with E-state index in [2.05, 4.69) is 5.32 Å². The van der Waals surface area contributed by atoms with Gasteiger partial charge in [0.05, 0.1) is 6.61 Å². The van der Waals surface area contributed by atoms with Gasteiger partial charge >= 0.3 is 0 Å². The van der Waals surface area contributed by atoms with Crippen molar-refractivity contribution in [1.82, 2.24) is 13.9 Å². The molecule has 0 heterocycles. The Labute approximate surface area is 122 Å². The monoisotopic (exact) mass is 305 g/mol. The summed E-state index contributed by atoms with van der Waals surface area (Å²) < 4.78 is 33.2. The van der Waals surface area contributed by atoms with Gasteiger partial charge in [-0.2, -0.15) is 17.0 Å². The Morgan fingerprint density at radius 2 is 1.90 bits per heavy atom. The van der Waals surface area contributed by atoms with E-state index in [1.165, 1.54) is 17.1 Å². The van der Waals surface area contributed by atoms with E-state index in [1.54, 1.807) is 18.5 Å². The van der Waals surface area contributed by atoms with Crippen LogP contribution in [-0.2, 0) is 14.9 Å². The predicted molar refractivity (Wildman–Crippen MR) is 78.8 cm³/mol. The molecule has 2 rings (SSSR count). The topological polar surface area (TPSA) is 61.9 Å². The van der Waals surface area contributed by atoms with Crippen LogP contribution in [0.15, 0.2) is 0 Å². The fourth-order valence-electron chi connectivity index (χ4n) is 2.22. The van der Waals surface area contributed by atoms with Crippen molar-refractivity contribution in [2.45, 2.75) is 44.2 Å². The first-order chi connectivity index (χ1) is 9.55. The maximum Gasteiger partial charge on any atom is 0.282 e. The minimum Gasteiger partial charge on any atom is -0.383 e. The van der Waals surface area contributed by atoms with E-state index in [0.717, 1.165) is 25.8 Å². The average Bonchev–Trinajstić information content (AvgIpc) is 3.26. The number of hydrogen-bond acceptors (Lipinski definition) is 4. The van der Waals surface area contributed by atoms with Crippen molar-refractivity contribution in [3.63, 3.8) is 0 Å². The highest BCUT2D eigenvalue weighted by Crippen LogP contribution is 2.30. The van der Waals surface area contributed by atoms with Gasteiger partial charge in [-0.1, -0.05) is 0 Å². The molecule has 0 aliphatic heterocycles. The Balaban J connectivity index is 1.78. The smallest absolute Gasteiger partial charge is 0.282 e. The normalized spacial score (nSPS) is 20.0. The summed E-state index contributed by atoms with van der Waals surface area (Å²) in [6.45, 7) is 2.37. The highest BCUT2D eigenvalue weighted by molar-refractivity contribution is 7.86. The Hall–Kier alpha value is -0.210. The number of ether oxygens (including phenoxy) is 1. The summed E-state index contributed by atoms with van der Waals surface area (Å²) in [5.41, 5.74) is 0. The van der Waals surface area contributed by atoms with Gasteiger partial charge in [-0.05, 0) is 38.6 Å². The largest absolute Gasteiger partial charge is 0.383 e. The summed E-state index contributed by atoms with van der Waals surface area (Å²) in [4.78, 5) is 0. The fraction of sp³-hybridized carbons (Fsp3) is 1.00. The molecule has 7 heteroatoms. The minimum atomic E-state index is -3.34. The molecule has 0 unspecified atom stereocenters. The minimum absolute atomic E-state index is 0.183. The molecule has 0 aromatic rings. The Bertz CT molecular complexity index is 394. The number of nitrogens with one attached hydrogen (secondary N) is 1. The molecule has 0 saturated heterocycles. The quantitative estimate of drug-likeness (QED) is 0.562. The van der Waals surface area contributed by atoms with E-state index in [0.29, 0.717) is 25.7 Å². The van der Waals surface area contributed by atoms with Crippen LogP contribution in [0.5, 0.6) is 0 Å². The molecule has 2 fully saturated rings. The lowest BCUT2D eigenvalue weighted by molar-refractivity contribution is 0.174. The molecule has 1 N–H and O–H groups in total. The lowest BCUT2D eigenvalue weighted by Crippen LogP contribution is -2.45. The van der Waals surface area contributed by atoms with Gasteiger partial charge in [-0.3, -0.25) is 0 Å². The van der Waals surface area contributed by atoms with Crippen LogP contribution in [0.3, 0.4) is 0 Å². The first kappa shape index (κ1) is 16.2. The zero-order valence-electron chi connectivity index (χ0n) is 12.5. The van der Waals surface area contributed by atoms with Gasteiger partial charge < -0.3 is 10.1 Å². The van der Waals surface area contributed by atoms with Crippen LogP contribution in [0.1, 0.15) is 32.1 Å². The highest BCUT2D eigenvalue weighted by Gasteiger charge is 2.38. The second-order valence-electron chi connectivity index (χ2n) is 5.75. The maximum atomic E-state index is 12.5. The molecule has 6 nitrogen and oxygen atoms in total. The average molecular weight is 305 g/mol. The maximum absolute atomic E-state index is 12.5. The van der Waals surface area contributed by atoms with E-state index in [9.17, 15) is 8.42 Å². The Kier molecular flexibility index (Phi) is 5.80. The zero-order valence-corrected chi connectivity index (χ0v) is 13.4. The molecule has 2 aliphatic rings. The van der Waals surface area contributed by atoms with E-state index < -0.39 is 10.2 Å². The zero-order chi connectivity index (χ0) is 14.6. The Morgan fingerprint density at radius 1 is 1.20 bits per heavy atom. The van der Waals surface area contributed by atoms with E-state index in [1.807, 2.05) is 0 Å². The molecule has 20 heavy (non-hydrogen) atoms. The van der Waals surface area contributed by atoms with Crippen LogP contribution in [-0.4, -0.2) is 69.5 Å². The second kappa shape index (κ2) is 7.17. The molecule has 2 saturated carbocycles. The molecule has 0 bridgehead atoms. The number of hydrogen-bond donors (Lipinski definition) is 1. The van der Waals surface area contributed by atoms with Crippen LogP contribution in [0.4, 0.5) is 0 Å². The third-order valence-electron chi connectivity index (χ3n) is 3.82. The van der Waals surface area contributed by atoms with Gasteiger partial charge in [0.1, 0.15) is 0 Å². The van der Waals surface area contributed by atoms with E-state index >= 15 is 0 Å². The molecule has 0 spiro atoms. The first-order valence-electron chi connectivity index (χ1n) is 7.51. The van der Waals surface area contributed by atoms with Crippen LogP contribution in [0, 0.1) is 0 Å². The predicted octanol–water partition coefficient (Wildman–Crippen LogP) is 0.416.